The van der Waals surface area contributed by atoms with E-state index >= 15 is 0 Å². The highest BCUT2D eigenvalue weighted by atomic mass is 16.4. The number of aromatic hydroxyl groups is 2. The molecule has 0 saturated heterocycles. The summed E-state index contributed by atoms with van der Waals surface area (Å²) >= 11 is 0. The summed E-state index contributed by atoms with van der Waals surface area (Å²) < 4.78 is 0. The minimum atomic E-state index is -1.50. The van der Waals surface area contributed by atoms with Crippen LogP contribution >= 0.6 is 0 Å². The van der Waals surface area contributed by atoms with E-state index in [4.69, 9.17) is 0 Å². The molecule has 0 radical (unpaired) electrons. The molecule has 0 bridgehead atoms. The largest absolute Gasteiger partial charge is 0.507 e. The van der Waals surface area contributed by atoms with Gasteiger partial charge in [-0.15, -0.1) is 0 Å². The third-order valence-electron chi connectivity index (χ3n) is 5.98. The van der Waals surface area contributed by atoms with Gasteiger partial charge in [0, 0.05) is 32.3 Å². The molecule has 5 aromatic carbocycles. The second-order valence-electron chi connectivity index (χ2n) is 7.68. The van der Waals surface area contributed by atoms with Crippen molar-refractivity contribution >= 4 is 67.0 Å². The number of phenolic OH excluding ortho intramolecular Hbond substituents is 2. The number of carbonyl (C=O) groups is 4. The molecule has 10 nitrogen and oxygen atoms in total. The van der Waals surface area contributed by atoms with Crippen LogP contribution in [0.25, 0.3) is 43.1 Å². The maximum absolute atomic E-state index is 11.9. The van der Waals surface area contributed by atoms with E-state index in [1.807, 2.05) is 0 Å². The summed E-state index contributed by atoms with van der Waals surface area (Å²) in [5.74, 6) is -6.91. The van der Waals surface area contributed by atoms with Crippen molar-refractivity contribution in [2.45, 2.75) is 0 Å². The average molecular weight is 460 g/mol. The van der Waals surface area contributed by atoms with Crippen LogP contribution in [0.5, 0.6) is 11.5 Å². The predicted octanol–water partition coefficient (Wildman–Crippen LogP) is 3.94. The highest BCUT2D eigenvalue weighted by Gasteiger charge is 2.28. The Morgan fingerprint density at radius 1 is 0.441 bits per heavy atom. The number of aromatic carboxylic acids is 4. The van der Waals surface area contributed by atoms with Crippen LogP contribution in [-0.4, -0.2) is 54.5 Å². The fraction of sp³-hybridized carbons (Fsp3) is 0. The van der Waals surface area contributed by atoms with Gasteiger partial charge in [0.2, 0.25) is 0 Å². The molecule has 5 rings (SSSR count). The molecule has 0 aliphatic heterocycles. The molecule has 0 amide bonds. The van der Waals surface area contributed by atoms with Crippen molar-refractivity contribution in [2.24, 2.45) is 0 Å². The average Bonchev–Trinajstić information content (AvgIpc) is 2.77. The smallest absolute Gasteiger partial charge is 0.336 e. The molecule has 6 N–H and O–H groups in total. The Bertz CT molecular complexity index is 1650. The molecule has 0 unspecified atom stereocenters. The van der Waals surface area contributed by atoms with E-state index < -0.39 is 46.5 Å². The Balaban J connectivity index is 2.25. The summed E-state index contributed by atoms with van der Waals surface area (Å²) in [6.45, 7) is 0. The van der Waals surface area contributed by atoms with Crippen LogP contribution in [-0.2, 0) is 0 Å². The van der Waals surface area contributed by atoms with Crippen LogP contribution in [0.15, 0.2) is 36.4 Å². The molecule has 0 atom stereocenters. The molecule has 10 heteroatoms. The van der Waals surface area contributed by atoms with Crippen LogP contribution < -0.4 is 0 Å². The molecule has 0 heterocycles. The van der Waals surface area contributed by atoms with Crippen LogP contribution in [0, 0.1) is 0 Å². The van der Waals surface area contributed by atoms with Gasteiger partial charge < -0.3 is 30.6 Å². The van der Waals surface area contributed by atoms with E-state index in [0.717, 1.165) is 24.3 Å². The van der Waals surface area contributed by atoms with Crippen molar-refractivity contribution in [3.8, 4) is 11.5 Å². The first-order chi connectivity index (χ1) is 16.0. The summed E-state index contributed by atoms with van der Waals surface area (Å²) in [7, 11) is 0. The van der Waals surface area contributed by atoms with Crippen LogP contribution in [0.4, 0.5) is 0 Å². The van der Waals surface area contributed by atoms with Gasteiger partial charge >= 0.3 is 23.9 Å². The van der Waals surface area contributed by atoms with Gasteiger partial charge in [0.05, 0.1) is 22.3 Å². The first kappa shape index (κ1) is 20.8. The Morgan fingerprint density at radius 2 is 0.765 bits per heavy atom. The molecular formula is C24H12O10. The SMILES string of the molecule is O=C(O)c1ccc2c3c(O)cc(C(=O)O)c4c(C(=O)O)ccc(c5c(O)cc(C(=O)O)c1c25)c43. The Kier molecular flexibility index (Phi) is 4.08. The van der Waals surface area contributed by atoms with Gasteiger partial charge in [-0.2, -0.15) is 0 Å². The van der Waals surface area contributed by atoms with Gasteiger partial charge in [-0.25, -0.2) is 19.2 Å². The minimum absolute atomic E-state index is 0.00511. The molecular weight excluding hydrogens is 448 g/mol. The highest BCUT2D eigenvalue weighted by molar-refractivity contribution is 6.40. The first-order valence-corrected chi connectivity index (χ1v) is 9.63. The van der Waals surface area contributed by atoms with E-state index in [1.54, 1.807) is 0 Å². The monoisotopic (exact) mass is 460 g/mol. The van der Waals surface area contributed by atoms with Crippen molar-refractivity contribution in [1.29, 1.82) is 0 Å². The van der Waals surface area contributed by atoms with Gasteiger partial charge in [0.15, 0.2) is 0 Å². The van der Waals surface area contributed by atoms with Gasteiger partial charge in [-0.1, -0.05) is 12.1 Å². The Hall–Kier alpha value is -5.12. The number of phenols is 2. The Morgan fingerprint density at radius 3 is 1.06 bits per heavy atom. The molecule has 0 spiro atoms. The van der Waals surface area contributed by atoms with E-state index in [9.17, 15) is 49.8 Å². The van der Waals surface area contributed by atoms with Crippen molar-refractivity contribution in [2.75, 3.05) is 0 Å². The van der Waals surface area contributed by atoms with Gasteiger partial charge in [0.25, 0.3) is 0 Å². The molecule has 34 heavy (non-hydrogen) atoms. The van der Waals surface area contributed by atoms with Gasteiger partial charge in [0.1, 0.15) is 11.5 Å². The maximum Gasteiger partial charge on any atom is 0.336 e. The molecule has 0 saturated carbocycles. The summed E-state index contributed by atoms with van der Waals surface area (Å²) in [4.78, 5) is 47.7. The zero-order chi connectivity index (χ0) is 24.6. The Labute approximate surface area is 187 Å². The number of rotatable bonds is 4. The third-order valence-corrected chi connectivity index (χ3v) is 5.98. The maximum atomic E-state index is 11.9. The third kappa shape index (κ3) is 2.50. The van der Waals surface area contributed by atoms with Crippen LogP contribution in [0.2, 0.25) is 0 Å². The van der Waals surface area contributed by atoms with Crippen molar-refractivity contribution < 1.29 is 49.8 Å². The van der Waals surface area contributed by atoms with Crippen molar-refractivity contribution in [3.05, 3.63) is 58.7 Å². The fourth-order valence-electron chi connectivity index (χ4n) is 4.76. The van der Waals surface area contributed by atoms with Crippen LogP contribution in [0.1, 0.15) is 41.4 Å². The number of carboxylic acids is 4. The lowest BCUT2D eigenvalue weighted by Crippen LogP contribution is -2.07. The molecule has 0 aliphatic rings. The van der Waals surface area contributed by atoms with Gasteiger partial charge in [-0.05, 0) is 35.0 Å². The molecule has 0 aromatic heterocycles. The lowest BCUT2D eigenvalue weighted by molar-refractivity contribution is 0.0681. The second-order valence-corrected chi connectivity index (χ2v) is 7.68. The second kappa shape index (κ2) is 6.69. The molecule has 5 aromatic rings. The van der Waals surface area contributed by atoms with Crippen LogP contribution in [0.3, 0.4) is 0 Å². The summed E-state index contributed by atoms with van der Waals surface area (Å²) in [6, 6.07) is 6.64. The fourth-order valence-corrected chi connectivity index (χ4v) is 4.76. The number of fused-ring (bicyclic) bond motifs is 2. The van der Waals surface area contributed by atoms with E-state index in [2.05, 4.69) is 0 Å². The summed E-state index contributed by atoms with van der Waals surface area (Å²) in [6.07, 6.45) is 0. The zero-order valence-electron chi connectivity index (χ0n) is 16.8. The van der Waals surface area contributed by atoms with Crippen molar-refractivity contribution in [3.63, 3.8) is 0 Å². The lowest BCUT2D eigenvalue weighted by Gasteiger charge is -2.20. The quantitative estimate of drug-likeness (QED) is 0.169. The highest BCUT2D eigenvalue weighted by Crippen LogP contribution is 2.49. The number of hydrogen-bond acceptors (Lipinski definition) is 6. The number of hydrogen-bond donors (Lipinski definition) is 6. The number of benzene rings is 5. The van der Waals surface area contributed by atoms with Gasteiger partial charge in [-0.3, -0.25) is 0 Å². The standard InChI is InChI=1S/C24H12O10/c25-13-5-12(24(33)34)16-10(22(29)30)4-2-8-18-14(26)6-11(23(31)32)15-9(21(27)28)3-1-7(19(15)18)17(13)20(8)16/h1-6,25-26H,(H,27,28)(H,29,30)(H,31,32)(H,33,34). The molecule has 168 valence electrons. The molecule has 0 fully saturated rings. The van der Waals surface area contributed by atoms with E-state index in [-0.39, 0.29) is 54.2 Å². The summed E-state index contributed by atoms with van der Waals surface area (Å²) in [5, 5.41) is 60.3. The van der Waals surface area contributed by atoms with Crippen molar-refractivity contribution in [1.82, 2.24) is 0 Å². The van der Waals surface area contributed by atoms with E-state index in [0.29, 0.717) is 0 Å². The first-order valence-electron chi connectivity index (χ1n) is 9.63. The zero-order valence-corrected chi connectivity index (χ0v) is 16.8. The normalized spacial score (nSPS) is 11.5. The molecule has 0 aliphatic carbocycles. The van der Waals surface area contributed by atoms with E-state index in [1.165, 1.54) is 12.1 Å². The topological polar surface area (TPSA) is 190 Å². The number of carboxylic acid groups (broad SMARTS) is 4. The lowest BCUT2D eigenvalue weighted by atomic mass is 9.83. The predicted molar refractivity (Wildman–Crippen MR) is 119 cm³/mol. The minimum Gasteiger partial charge on any atom is -0.507 e. The summed E-state index contributed by atoms with van der Waals surface area (Å²) in [5.41, 5.74) is -1.69.